The Morgan fingerprint density at radius 3 is 2.36 bits per heavy atom. The first-order valence-corrected chi connectivity index (χ1v) is 14.7. The van der Waals surface area contributed by atoms with E-state index >= 15 is 0 Å². The molecule has 18 heteroatoms. The summed E-state index contributed by atoms with van der Waals surface area (Å²) in [5.74, 6) is -3.02. The smallest absolute Gasteiger partial charge is 0.475 e. The van der Waals surface area contributed by atoms with Gasteiger partial charge in [-0.3, -0.25) is 9.59 Å². The average Bonchev–Trinajstić information content (AvgIpc) is 2.95. The summed E-state index contributed by atoms with van der Waals surface area (Å²) in [4.78, 5) is 42.8. The van der Waals surface area contributed by atoms with E-state index in [1.807, 2.05) is 20.8 Å². The largest absolute Gasteiger partial charge is 0.490 e. The van der Waals surface area contributed by atoms with Gasteiger partial charge in [-0.2, -0.15) is 26.3 Å². The van der Waals surface area contributed by atoms with Crippen molar-refractivity contribution in [2.24, 2.45) is 0 Å². The first kappa shape index (κ1) is 35.6. The molecule has 3 N–H and O–H groups in total. The van der Waals surface area contributed by atoms with Gasteiger partial charge < -0.3 is 25.2 Å². The van der Waals surface area contributed by atoms with E-state index in [1.165, 1.54) is 0 Å². The molecule has 1 saturated heterocycles. The van der Waals surface area contributed by atoms with Crippen molar-refractivity contribution in [1.29, 1.82) is 0 Å². The molecular weight excluding hydrogens is 660 g/mol. The van der Waals surface area contributed by atoms with Crippen molar-refractivity contribution in [2.75, 3.05) is 23.3 Å². The summed E-state index contributed by atoms with van der Waals surface area (Å²) in [6.07, 6.45) is -5.54. The summed E-state index contributed by atoms with van der Waals surface area (Å²) < 4.78 is 72.5. The number of hydrogen-bond donors (Lipinski definition) is 3. The Morgan fingerprint density at radius 2 is 1.83 bits per heavy atom. The minimum absolute atomic E-state index is 0.0396. The van der Waals surface area contributed by atoms with Gasteiger partial charge in [-0.05, 0) is 57.4 Å². The molecule has 1 saturated carbocycles. The highest BCUT2D eigenvalue weighted by Gasteiger charge is 2.41. The molecule has 0 bridgehead atoms. The fourth-order valence-corrected chi connectivity index (χ4v) is 5.57. The van der Waals surface area contributed by atoms with Crippen molar-refractivity contribution < 1.29 is 41.0 Å². The second kappa shape index (κ2) is 13.9. The highest BCUT2D eigenvalue weighted by molar-refractivity contribution is 6.33. The first-order valence-electron chi connectivity index (χ1n) is 14.3. The number of fused-ring (bicyclic) bond motifs is 2. The molecule has 3 aromatic rings. The molecule has 254 valence electrons. The zero-order chi connectivity index (χ0) is 34.8. The highest BCUT2D eigenvalue weighted by atomic mass is 35.5. The zero-order valence-electron chi connectivity index (χ0n) is 25.3. The SMILES string of the molecule is CCc1c(N2CCN[C@H]3CC[C@@H]32)c(=O)c2nc(C=C(C)C)nnc2n1CC(=O)Nc1ccc(C(F)(F)F)cc1Cl.O=C(O)C(F)(F)F. The van der Waals surface area contributed by atoms with Gasteiger partial charge in [-0.15, -0.1) is 10.2 Å². The minimum Gasteiger partial charge on any atom is -0.475 e. The maximum absolute atomic E-state index is 14.0. The van der Waals surface area contributed by atoms with Crippen LogP contribution < -0.4 is 21.0 Å². The van der Waals surface area contributed by atoms with Crippen LogP contribution in [-0.4, -0.2) is 68.1 Å². The van der Waals surface area contributed by atoms with Crippen LogP contribution in [0.2, 0.25) is 5.02 Å². The molecule has 11 nitrogen and oxygen atoms in total. The van der Waals surface area contributed by atoms with Crippen LogP contribution in [0.15, 0.2) is 28.6 Å². The van der Waals surface area contributed by atoms with Crippen LogP contribution >= 0.6 is 11.6 Å². The Balaban J connectivity index is 0.000000644. The number of nitrogens with one attached hydrogen (secondary N) is 2. The van der Waals surface area contributed by atoms with Gasteiger partial charge in [0.25, 0.3) is 0 Å². The van der Waals surface area contributed by atoms with E-state index in [1.54, 1.807) is 10.6 Å². The molecule has 2 aromatic heterocycles. The second-order valence-electron chi connectivity index (χ2n) is 11.1. The van der Waals surface area contributed by atoms with E-state index in [0.717, 1.165) is 43.2 Å². The van der Waals surface area contributed by atoms with E-state index in [2.05, 4.69) is 30.7 Å². The number of rotatable bonds is 6. The molecule has 2 aliphatic rings. The van der Waals surface area contributed by atoms with Crippen LogP contribution in [0.25, 0.3) is 17.2 Å². The summed E-state index contributed by atoms with van der Waals surface area (Å²) in [7, 11) is 0. The quantitative estimate of drug-likeness (QED) is 0.303. The number of carboxylic acid groups (broad SMARTS) is 1. The van der Waals surface area contributed by atoms with Crippen LogP contribution in [0.4, 0.5) is 37.7 Å². The maximum atomic E-state index is 14.0. The average molecular weight is 690 g/mol. The molecule has 2 fully saturated rings. The van der Waals surface area contributed by atoms with Crippen LogP contribution in [0.5, 0.6) is 0 Å². The van der Waals surface area contributed by atoms with Crippen molar-refractivity contribution in [3.8, 4) is 0 Å². The van der Waals surface area contributed by atoms with E-state index < -0.39 is 29.8 Å². The summed E-state index contributed by atoms with van der Waals surface area (Å²) in [6, 6.07) is 3.18. The van der Waals surface area contributed by atoms with E-state index in [9.17, 15) is 35.9 Å². The third-order valence-corrected chi connectivity index (χ3v) is 7.84. The van der Waals surface area contributed by atoms with Gasteiger partial charge in [0.1, 0.15) is 12.2 Å². The first-order chi connectivity index (χ1) is 21.9. The molecule has 2 atom stereocenters. The number of halogens is 7. The summed E-state index contributed by atoms with van der Waals surface area (Å²) in [5, 5.41) is 21.4. The lowest BCUT2D eigenvalue weighted by molar-refractivity contribution is -0.192. The van der Waals surface area contributed by atoms with Crippen LogP contribution in [0.1, 0.15) is 50.7 Å². The number of hydrogen-bond acceptors (Lipinski definition) is 8. The molecule has 3 heterocycles. The van der Waals surface area contributed by atoms with Crippen molar-refractivity contribution in [1.82, 2.24) is 25.1 Å². The normalized spacial score (nSPS) is 17.6. The van der Waals surface area contributed by atoms with Gasteiger partial charge in [-0.1, -0.05) is 24.1 Å². The molecule has 0 unspecified atom stereocenters. The molecular formula is C29H30ClF6N7O4. The highest BCUT2D eigenvalue weighted by Crippen LogP contribution is 2.35. The number of pyridine rings is 1. The van der Waals surface area contributed by atoms with Gasteiger partial charge in [-0.25, -0.2) is 9.78 Å². The molecule has 1 amide bonds. The van der Waals surface area contributed by atoms with Crippen molar-refractivity contribution in [3.05, 3.63) is 56.1 Å². The summed E-state index contributed by atoms with van der Waals surface area (Å²) in [6.45, 7) is 6.73. The Labute approximate surface area is 268 Å². The van der Waals surface area contributed by atoms with Gasteiger partial charge in [0.05, 0.1) is 16.3 Å². The third-order valence-electron chi connectivity index (χ3n) is 7.52. The van der Waals surface area contributed by atoms with Crippen molar-refractivity contribution in [3.63, 3.8) is 0 Å². The summed E-state index contributed by atoms with van der Waals surface area (Å²) >= 11 is 6.07. The van der Waals surface area contributed by atoms with Crippen LogP contribution in [-0.2, 0) is 28.7 Å². The number of aromatic nitrogens is 4. The zero-order valence-corrected chi connectivity index (χ0v) is 26.0. The lowest BCUT2D eigenvalue weighted by Crippen LogP contribution is -2.64. The topological polar surface area (TPSA) is 142 Å². The number of piperazine rings is 1. The fourth-order valence-electron chi connectivity index (χ4n) is 5.34. The number of carbonyl (C=O) groups excluding carboxylic acids is 1. The van der Waals surface area contributed by atoms with Crippen molar-refractivity contribution >= 4 is 52.1 Å². The lowest BCUT2D eigenvalue weighted by atomic mass is 9.83. The Hall–Kier alpha value is -4.25. The van der Waals surface area contributed by atoms with Gasteiger partial charge in [0, 0.05) is 30.9 Å². The predicted octanol–water partition coefficient (Wildman–Crippen LogP) is 5.06. The van der Waals surface area contributed by atoms with Crippen LogP contribution in [0, 0.1) is 0 Å². The predicted molar refractivity (Wildman–Crippen MR) is 161 cm³/mol. The number of benzene rings is 1. The summed E-state index contributed by atoms with van der Waals surface area (Å²) in [5.41, 5.74) is 1.16. The Kier molecular flexibility index (Phi) is 10.5. The van der Waals surface area contributed by atoms with Gasteiger partial charge in [0.15, 0.2) is 17.0 Å². The molecule has 47 heavy (non-hydrogen) atoms. The van der Waals surface area contributed by atoms with E-state index in [4.69, 9.17) is 21.5 Å². The van der Waals surface area contributed by atoms with Gasteiger partial charge in [0.2, 0.25) is 11.3 Å². The third kappa shape index (κ3) is 8.01. The number of amides is 1. The Bertz CT molecular complexity index is 1770. The fraction of sp³-hybridized carbons (Fsp3) is 0.448. The lowest BCUT2D eigenvalue weighted by Gasteiger charge is -2.50. The molecule has 0 radical (unpaired) electrons. The maximum Gasteiger partial charge on any atom is 0.490 e. The van der Waals surface area contributed by atoms with Crippen LogP contribution in [0.3, 0.4) is 0 Å². The number of carbonyl (C=O) groups is 2. The Morgan fingerprint density at radius 1 is 1.15 bits per heavy atom. The molecule has 1 aromatic carbocycles. The number of allylic oxidation sites excluding steroid dienone is 1. The van der Waals surface area contributed by atoms with E-state index in [0.29, 0.717) is 24.3 Å². The molecule has 5 rings (SSSR count). The second-order valence-corrected chi connectivity index (χ2v) is 11.5. The number of carboxylic acids is 1. The monoisotopic (exact) mass is 689 g/mol. The number of aliphatic carboxylic acids is 1. The van der Waals surface area contributed by atoms with E-state index in [-0.39, 0.29) is 51.8 Å². The number of nitrogens with zero attached hydrogens (tertiary/aromatic N) is 5. The number of anilines is 2. The molecule has 1 aliphatic carbocycles. The minimum atomic E-state index is -5.08. The standard InChI is InChI=1S/C27H29ClF3N7O2.C2HF3O2/c1-4-19-24(37-10-9-32-18-7-8-20(18)37)25(40)23-26(36-35-21(34-23)11-14(2)3)38(19)13-22(39)33-17-6-5-15(12-16(17)28)27(29,30)31;3-2(4,5)1(6)7/h5-6,11-12,18,20,32H,4,7-10,13H2,1-3H3,(H,33,39);(H,6,7)/t18-,20-;/m0./s1. The van der Waals surface area contributed by atoms with Crippen molar-refractivity contribution in [2.45, 2.75) is 71.0 Å². The number of alkyl halides is 6. The van der Waals surface area contributed by atoms with Gasteiger partial charge >= 0.3 is 18.3 Å². The molecule has 0 spiro atoms. The molecule has 1 aliphatic heterocycles.